The normalized spacial score (nSPS) is 16.0. The van der Waals surface area contributed by atoms with E-state index in [0.717, 1.165) is 25.3 Å². The highest BCUT2D eigenvalue weighted by Crippen LogP contribution is 2.15. The average Bonchev–Trinajstić information content (AvgIpc) is 3.07. The maximum atomic E-state index is 9.69. The number of hydrogen-bond acceptors (Lipinski definition) is 3. The number of nitrogens with zero attached hydrogens (tertiary/aromatic N) is 2. The highest BCUT2D eigenvalue weighted by Gasteiger charge is 2.19. The van der Waals surface area contributed by atoms with Crippen molar-refractivity contribution < 1.29 is 5.11 Å². The number of rotatable bonds is 16. The Hall–Kier alpha value is -0.830. The zero-order valence-electron chi connectivity index (χ0n) is 16.9. The minimum atomic E-state index is -0.381. The summed E-state index contributed by atoms with van der Waals surface area (Å²) in [5, 5.41) is 9.69. The maximum absolute atomic E-state index is 9.69. The first kappa shape index (κ1) is 22.2. The van der Waals surface area contributed by atoms with Crippen LogP contribution in [0.3, 0.4) is 0 Å². The molecule has 0 saturated heterocycles. The number of aliphatic imine (C=N–C) groups is 1. The molecule has 0 aromatic rings. The summed E-state index contributed by atoms with van der Waals surface area (Å²) in [7, 11) is 0. The number of unbranched alkanes of at least 4 members (excludes halogenated alkanes) is 11. The first-order valence-corrected chi connectivity index (χ1v) is 10.9. The van der Waals surface area contributed by atoms with Crippen LogP contribution in [0.1, 0.15) is 104 Å². The molecule has 0 aromatic carbocycles. The van der Waals surface area contributed by atoms with Crippen LogP contribution in [-0.2, 0) is 0 Å². The first-order valence-electron chi connectivity index (χ1n) is 10.9. The Balaban J connectivity index is 1.81. The summed E-state index contributed by atoms with van der Waals surface area (Å²) in [4.78, 5) is 6.56. The molecule has 0 aromatic heterocycles. The summed E-state index contributed by atoms with van der Waals surface area (Å²) >= 11 is 0. The summed E-state index contributed by atoms with van der Waals surface area (Å²) < 4.78 is 0. The third-order valence-corrected chi connectivity index (χ3v) is 5.08. The largest absolute Gasteiger partial charge is 0.374 e. The van der Waals surface area contributed by atoms with E-state index in [0.29, 0.717) is 0 Å². The highest BCUT2D eigenvalue weighted by molar-refractivity contribution is 5.83. The zero-order chi connectivity index (χ0) is 18.2. The molecule has 3 nitrogen and oxygen atoms in total. The maximum Gasteiger partial charge on any atom is 0.125 e. The number of allylic oxidation sites excluding steroid dienone is 2. The molecule has 0 bridgehead atoms. The fourth-order valence-corrected chi connectivity index (χ4v) is 3.47. The molecule has 1 aliphatic heterocycles. The van der Waals surface area contributed by atoms with Gasteiger partial charge in [0.2, 0.25) is 0 Å². The van der Waals surface area contributed by atoms with E-state index < -0.39 is 0 Å². The average molecular weight is 351 g/mol. The topological polar surface area (TPSA) is 35.8 Å². The van der Waals surface area contributed by atoms with Gasteiger partial charge < -0.3 is 10.0 Å². The molecule has 0 radical (unpaired) electrons. The van der Waals surface area contributed by atoms with Crippen LogP contribution in [0.5, 0.6) is 0 Å². The molecule has 0 spiro atoms. The second kappa shape index (κ2) is 15.4. The second-order valence-corrected chi connectivity index (χ2v) is 7.46. The number of aliphatic hydroxyl groups is 1. The number of hydrogen-bond donors (Lipinski definition) is 1. The van der Waals surface area contributed by atoms with Crippen LogP contribution in [-0.4, -0.2) is 35.2 Å². The van der Waals surface area contributed by atoms with Crippen molar-refractivity contribution in [2.45, 2.75) is 110 Å². The predicted molar refractivity (Wildman–Crippen MR) is 110 cm³/mol. The Kier molecular flexibility index (Phi) is 13.7. The van der Waals surface area contributed by atoms with E-state index in [1.807, 2.05) is 11.8 Å². The van der Waals surface area contributed by atoms with Gasteiger partial charge >= 0.3 is 0 Å². The SMILES string of the molecule is CCCC/C=C/CCCCCCCCCCCC1=NCCN1C(C)O. The lowest BCUT2D eigenvalue weighted by Gasteiger charge is -2.23. The molecule has 1 rings (SSSR count). The van der Waals surface area contributed by atoms with E-state index in [9.17, 15) is 5.11 Å². The second-order valence-electron chi connectivity index (χ2n) is 7.46. The quantitative estimate of drug-likeness (QED) is 0.270. The lowest BCUT2D eigenvalue weighted by atomic mass is 10.1. The molecule has 0 fully saturated rings. The van der Waals surface area contributed by atoms with Crippen LogP contribution in [0.15, 0.2) is 17.1 Å². The van der Waals surface area contributed by atoms with E-state index in [1.165, 1.54) is 83.5 Å². The molecule has 1 aliphatic rings. The fourth-order valence-electron chi connectivity index (χ4n) is 3.47. The molecular formula is C22H42N2O. The Labute approximate surface area is 156 Å². The Morgan fingerprint density at radius 2 is 1.48 bits per heavy atom. The summed E-state index contributed by atoms with van der Waals surface area (Å²) in [5.41, 5.74) is 0. The van der Waals surface area contributed by atoms with Gasteiger partial charge in [-0.15, -0.1) is 0 Å². The van der Waals surface area contributed by atoms with Crippen molar-refractivity contribution in [2.75, 3.05) is 13.1 Å². The molecule has 1 heterocycles. The van der Waals surface area contributed by atoms with Crippen LogP contribution in [0.4, 0.5) is 0 Å². The molecule has 1 N–H and O–H groups in total. The van der Waals surface area contributed by atoms with Crippen molar-refractivity contribution in [3.05, 3.63) is 12.2 Å². The van der Waals surface area contributed by atoms with E-state index in [4.69, 9.17) is 0 Å². The molecular weight excluding hydrogens is 308 g/mol. The third-order valence-electron chi connectivity index (χ3n) is 5.08. The van der Waals surface area contributed by atoms with E-state index in [-0.39, 0.29) is 6.23 Å². The van der Waals surface area contributed by atoms with Gasteiger partial charge in [0, 0.05) is 13.0 Å². The van der Waals surface area contributed by atoms with Crippen molar-refractivity contribution in [1.29, 1.82) is 0 Å². The summed E-state index contributed by atoms with van der Waals surface area (Å²) in [6.45, 7) is 5.84. The van der Waals surface area contributed by atoms with Gasteiger partial charge in [-0.3, -0.25) is 4.99 Å². The Morgan fingerprint density at radius 1 is 0.920 bits per heavy atom. The lowest BCUT2D eigenvalue weighted by molar-refractivity contribution is 0.0766. The lowest BCUT2D eigenvalue weighted by Crippen LogP contribution is -2.35. The van der Waals surface area contributed by atoms with Gasteiger partial charge in [0.25, 0.3) is 0 Å². The molecule has 1 atom stereocenters. The first-order chi connectivity index (χ1) is 12.3. The minimum absolute atomic E-state index is 0.381. The van der Waals surface area contributed by atoms with Gasteiger partial charge in [-0.25, -0.2) is 0 Å². The predicted octanol–water partition coefficient (Wildman–Crippen LogP) is 6.08. The highest BCUT2D eigenvalue weighted by atomic mass is 16.3. The molecule has 146 valence electrons. The summed E-state index contributed by atoms with van der Waals surface area (Å²) in [6.07, 6.45) is 22.8. The van der Waals surface area contributed by atoms with Crippen LogP contribution in [0.25, 0.3) is 0 Å². The van der Waals surface area contributed by atoms with E-state index >= 15 is 0 Å². The van der Waals surface area contributed by atoms with E-state index in [1.54, 1.807) is 0 Å². The molecule has 3 heteroatoms. The number of amidine groups is 1. The van der Waals surface area contributed by atoms with Crippen LogP contribution in [0.2, 0.25) is 0 Å². The van der Waals surface area contributed by atoms with Crippen molar-refractivity contribution in [1.82, 2.24) is 4.90 Å². The van der Waals surface area contributed by atoms with Gasteiger partial charge in [0.1, 0.15) is 12.1 Å². The molecule has 25 heavy (non-hydrogen) atoms. The fraction of sp³-hybridized carbons (Fsp3) is 0.864. The Bertz CT molecular complexity index is 363. The van der Waals surface area contributed by atoms with E-state index in [2.05, 4.69) is 24.1 Å². The molecule has 0 amide bonds. The minimum Gasteiger partial charge on any atom is -0.374 e. The summed E-state index contributed by atoms with van der Waals surface area (Å²) in [6, 6.07) is 0. The standard InChI is InChI=1S/C22H42N2O/c1-3-4-5-6-7-8-9-10-11-12-13-14-15-16-17-18-22-23-19-20-24(22)21(2)25/h6-7,21,25H,3-5,8-20H2,1-2H3/b7-6+. The van der Waals surface area contributed by atoms with Gasteiger partial charge in [-0.05, 0) is 32.6 Å². The van der Waals surface area contributed by atoms with Crippen LogP contribution < -0.4 is 0 Å². The van der Waals surface area contributed by atoms with Gasteiger partial charge in [0.15, 0.2) is 0 Å². The van der Waals surface area contributed by atoms with Crippen molar-refractivity contribution >= 4 is 5.84 Å². The smallest absolute Gasteiger partial charge is 0.125 e. The number of aliphatic hydroxyl groups excluding tert-OH is 1. The molecule has 1 unspecified atom stereocenters. The zero-order valence-corrected chi connectivity index (χ0v) is 16.9. The Morgan fingerprint density at radius 3 is 2.08 bits per heavy atom. The van der Waals surface area contributed by atoms with Gasteiger partial charge in [-0.1, -0.05) is 76.9 Å². The van der Waals surface area contributed by atoms with Gasteiger partial charge in [0.05, 0.1) is 6.54 Å². The van der Waals surface area contributed by atoms with Crippen molar-refractivity contribution in [3.63, 3.8) is 0 Å². The van der Waals surface area contributed by atoms with Crippen molar-refractivity contribution in [2.24, 2.45) is 4.99 Å². The van der Waals surface area contributed by atoms with Crippen LogP contribution in [0, 0.1) is 0 Å². The molecule has 0 aliphatic carbocycles. The van der Waals surface area contributed by atoms with Crippen molar-refractivity contribution in [3.8, 4) is 0 Å². The third kappa shape index (κ3) is 11.4. The summed E-state index contributed by atoms with van der Waals surface area (Å²) in [5.74, 6) is 1.12. The molecule has 0 saturated carbocycles. The monoisotopic (exact) mass is 350 g/mol. The van der Waals surface area contributed by atoms with Crippen LogP contribution >= 0.6 is 0 Å². The van der Waals surface area contributed by atoms with Gasteiger partial charge in [-0.2, -0.15) is 0 Å².